The molecule has 0 heterocycles. The van der Waals surface area contributed by atoms with Gasteiger partial charge in [-0.25, -0.2) is 0 Å². The van der Waals surface area contributed by atoms with E-state index < -0.39 is 0 Å². The minimum atomic E-state index is 0.794. The van der Waals surface area contributed by atoms with Crippen LogP contribution in [-0.2, 0) is 0 Å². The van der Waals surface area contributed by atoms with Gasteiger partial charge in [0, 0.05) is 0 Å². The van der Waals surface area contributed by atoms with Gasteiger partial charge in [-0.15, -0.1) is 6.58 Å². The van der Waals surface area contributed by atoms with Gasteiger partial charge < -0.3 is 0 Å². The summed E-state index contributed by atoms with van der Waals surface area (Å²) in [6.07, 6.45) is 14.5. The van der Waals surface area contributed by atoms with E-state index in [1.54, 1.807) is 0 Å². The highest BCUT2D eigenvalue weighted by Crippen LogP contribution is 2.55. The lowest BCUT2D eigenvalue weighted by atomic mass is 9.79. The summed E-state index contributed by atoms with van der Waals surface area (Å²) in [5, 5.41) is 0. The van der Waals surface area contributed by atoms with E-state index in [2.05, 4.69) is 37.0 Å². The van der Waals surface area contributed by atoms with Crippen molar-refractivity contribution in [3.63, 3.8) is 0 Å². The highest BCUT2D eigenvalue weighted by molar-refractivity contribution is 5.24. The van der Waals surface area contributed by atoms with Gasteiger partial charge in [-0.1, -0.05) is 30.4 Å². The Kier molecular flexibility index (Phi) is 1.52. The molecule has 3 aliphatic carbocycles. The van der Waals surface area contributed by atoms with E-state index in [1.807, 2.05) is 0 Å². The van der Waals surface area contributed by atoms with Crippen molar-refractivity contribution in [3.05, 3.63) is 37.0 Å². The van der Waals surface area contributed by atoms with Crippen molar-refractivity contribution < 1.29 is 0 Å². The summed E-state index contributed by atoms with van der Waals surface area (Å²) in [4.78, 5) is 0. The van der Waals surface area contributed by atoms with Crippen LogP contribution in [0.2, 0.25) is 0 Å². The maximum absolute atomic E-state index is 3.85. The molecule has 1 saturated carbocycles. The van der Waals surface area contributed by atoms with Crippen LogP contribution in [0.5, 0.6) is 0 Å². The van der Waals surface area contributed by atoms with Gasteiger partial charge in [0.15, 0.2) is 0 Å². The molecule has 0 nitrogen and oxygen atoms in total. The normalized spacial score (nSPS) is 50.0. The molecule has 5 atom stereocenters. The summed E-state index contributed by atoms with van der Waals surface area (Å²) in [6, 6.07) is 0. The van der Waals surface area contributed by atoms with Gasteiger partial charge in [0.1, 0.15) is 0 Å². The maximum atomic E-state index is 3.85. The molecule has 13 heavy (non-hydrogen) atoms. The minimum absolute atomic E-state index is 0.794. The van der Waals surface area contributed by atoms with Gasteiger partial charge in [-0.05, 0) is 42.4 Å². The van der Waals surface area contributed by atoms with Crippen LogP contribution in [0.15, 0.2) is 37.0 Å². The molecule has 1 fully saturated rings. The molecule has 5 unspecified atom stereocenters. The fourth-order valence-corrected chi connectivity index (χ4v) is 3.60. The molecule has 3 aliphatic rings. The van der Waals surface area contributed by atoms with E-state index in [9.17, 15) is 0 Å². The molecule has 0 amide bonds. The van der Waals surface area contributed by atoms with E-state index in [4.69, 9.17) is 0 Å². The standard InChI is InChI=1S/C13H16/c1-2-3-9-6-7-12-10-4-5-11(8-10)13(9)12/h2,4-7,9-13H,1,3,8H2. The highest BCUT2D eigenvalue weighted by atomic mass is 14.5. The molecule has 0 aromatic heterocycles. The van der Waals surface area contributed by atoms with Crippen LogP contribution in [0.3, 0.4) is 0 Å². The predicted molar refractivity (Wildman–Crippen MR) is 55.2 cm³/mol. The lowest BCUT2D eigenvalue weighted by Crippen LogP contribution is -2.19. The zero-order chi connectivity index (χ0) is 8.84. The fraction of sp³-hybridized carbons (Fsp3) is 0.538. The first-order valence-electron chi connectivity index (χ1n) is 5.37. The second kappa shape index (κ2) is 2.60. The Morgan fingerprint density at radius 2 is 2.00 bits per heavy atom. The topological polar surface area (TPSA) is 0 Å². The molecule has 3 rings (SSSR count). The summed E-state index contributed by atoms with van der Waals surface area (Å²) >= 11 is 0. The van der Waals surface area contributed by atoms with Crippen molar-refractivity contribution in [2.75, 3.05) is 0 Å². The second-order valence-electron chi connectivity index (χ2n) is 4.68. The van der Waals surface area contributed by atoms with Gasteiger partial charge >= 0.3 is 0 Å². The second-order valence-corrected chi connectivity index (χ2v) is 4.68. The van der Waals surface area contributed by atoms with Crippen molar-refractivity contribution in [2.24, 2.45) is 29.6 Å². The quantitative estimate of drug-likeness (QED) is 0.561. The van der Waals surface area contributed by atoms with E-state index >= 15 is 0 Å². The Morgan fingerprint density at radius 1 is 1.15 bits per heavy atom. The Morgan fingerprint density at radius 3 is 2.85 bits per heavy atom. The van der Waals surface area contributed by atoms with E-state index in [0.717, 1.165) is 29.6 Å². The van der Waals surface area contributed by atoms with Crippen molar-refractivity contribution in [1.82, 2.24) is 0 Å². The lowest BCUT2D eigenvalue weighted by molar-refractivity contribution is 0.311. The van der Waals surface area contributed by atoms with Crippen molar-refractivity contribution in [1.29, 1.82) is 0 Å². The molecule has 0 aliphatic heterocycles. The first kappa shape index (κ1) is 7.61. The molecule has 0 radical (unpaired) electrons. The molecule has 0 aromatic carbocycles. The van der Waals surface area contributed by atoms with Gasteiger partial charge in [-0.2, -0.15) is 0 Å². The fourth-order valence-electron chi connectivity index (χ4n) is 3.60. The Hall–Kier alpha value is -0.780. The number of hydrogen-bond donors (Lipinski definition) is 0. The van der Waals surface area contributed by atoms with Gasteiger partial charge in [0.25, 0.3) is 0 Å². The van der Waals surface area contributed by atoms with E-state index in [0.29, 0.717) is 0 Å². The molecule has 0 saturated heterocycles. The highest BCUT2D eigenvalue weighted by Gasteiger charge is 2.47. The van der Waals surface area contributed by atoms with Crippen molar-refractivity contribution in [3.8, 4) is 0 Å². The molecular weight excluding hydrogens is 156 g/mol. The number of rotatable bonds is 2. The van der Waals surface area contributed by atoms with Crippen LogP contribution < -0.4 is 0 Å². The number of fused-ring (bicyclic) bond motifs is 5. The Bertz CT molecular complexity index is 284. The van der Waals surface area contributed by atoms with Crippen LogP contribution in [-0.4, -0.2) is 0 Å². The molecule has 0 spiro atoms. The molecule has 0 heteroatoms. The van der Waals surface area contributed by atoms with Gasteiger partial charge in [0.05, 0.1) is 0 Å². The van der Waals surface area contributed by atoms with Crippen LogP contribution in [0.4, 0.5) is 0 Å². The molecule has 2 bridgehead atoms. The summed E-state index contributed by atoms with van der Waals surface area (Å²) in [7, 11) is 0. The lowest BCUT2D eigenvalue weighted by Gasteiger charge is -2.25. The van der Waals surface area contributed by atoms with Gasteiger partial charge in [-0.3, -0.25) is 0 Å². The largest absolute Gasteiger partial charge is 0.103 e. The van der Waals surface area contributed by atoms with Crippen LogP contribution in [0, 0.1) is 29.6 Å². The smallest absolute Gasteiger partial charge is 0.0130 e. The average molecular weight is 172 g/mol. The van der Waals surface area contributed by atoms with Crippen LogP contribution >= 0.6 is 0 Å². The first-order chi connectivity index (χ1) is 6.40. The summed E-state index contributed by atoms with van der Waals surface area (Å²) in [5.41, 5.74) is 0. The molecular formula is C13H16. The van der Waals surface area contributed by atoms with Crippen molar-refractivity contribution >= 4 is 0 Å². The van der Waals surface area contributed by atoms with Crippen molar-refractivity contribution in [2.45, 2.75) is 12.8 Å². The third-order valence-corrected chi connectivity index (χ3v) is 4.10. The average Bonchev–Trinajstić information content (AvgIpc) is 2.74. The number of hydrogen-bond acceptors (Lipinski definition) is 0. The predicted octanol–water partition coefficient (Wildman–Crippen LogP) is 3.19. The number of allylic oxidation sites excluding steroid dienone is 5. The third kappa shape index (κ3) is 0.919. The SMILES string of the molecule is C=CCC1C=CC2C3C=CC(C3)C12. The minimum Gasteiger partial charge on any atom is -0.103 e. The van der Waals surface area contributed by atoms with E-state index in [-0.39, 0.29) is 0 Å². The van der Waals surface area contributed by atoms with Gasteiger partial charge in [0.2, 0.25) is 0 Å². The summed E-state index contributed by atoms with van der Waals surface area (Å²) < 4.78 is 0. The van der Waals surface area contributed by atoms with E-state index in [1.165, 1.54) is 12.8 Å². The van der Waals surface area contributed by atoms with Crippen LogP contribution in [0.1, 0.15) is 12.8 Å². The summed E-state index contributed by atoms with van der Waals surface area (Å²) in [5.74, 6) is 4.35. The molecule has 68 valence electrons. The first-order valence-corrected chi connectivity index (χ1v) is 5.37. The van der Waals surface area contributed by atoms with Crippen LogP contribution in [0.25, 0.3) is 0 Å². The Balaban J connectivity index is 1.87. The zero-order valence-electron chi connectivity index (χ0n) is 7.89. The zero-order valence-corrected chi connectivity index (χ0v) is 7.89. The molecule has 0 N–H and O–H groups in total. The molecule has 0 aromatic rings. The maximum Gasteiger partial charge on any atom is -0.0130 e. The third-order valence-electron chi connectivity index (χ3n) is 4.10. The summed E-state index contributed by atoms with van der Waals surface area (Å²) in [6.45, 7) is 3.85. The Labute approximate surface area is 80.0 Å². The monoisotopic (exact) mass is 172 g/mol.